The van der Waals surface area contributed by atoms with Crippen LogP contribution in [0, 0.1) is 0 Å². The van der Waals surface area contributed by atoms with Gasteiger partial charge in [0.05, 0.1) is 14.2 Å². The molecule has 0 aliphatic rings. The van der Waals surface area contributed by atoms with E-state index in [9.17, 15) is 0 Å². The average molecular weight is 280 g/mol. The van der Waals surface area contributed by atoms with Crippen molar-refractivity contribution in [1.29, 1.82) is 0 Å². The number of halogens is 1. The predicted octanol–water partition coefficient (Wildman–Crippen LogP) is 2.76. The van der Waals surface area contributed by atoms with Crippen molar-refractivity contribution in [1.82, 2.24) is 9.97 Å². The first-order chi connectivity index (χ1) is 9.22. The molecular weight excluding hydrogens is 266 g/mol. The minimum Gasteiger partial charge on any atom is -0.493 e. The molecule has 0 spiro atoms. The fourth-order valence-electron chi connectivity index (χ4n) is 1.62. The van der Waals surface area contributed by atoms with E-state index in [1.54, 1.807) is 26.5 Å². The number of aromatic nitrogens is 2. The molecule has 0 aliphatic carbocycles. The van der Waals surface area contributed by atoms with E-state index in [0.29, 0.717) is 23.9 Å². The molecule has 19 heavy (non-hydrogen) atoms. The first kappa shape index (κ1) is 13.4. The van der Waals surface area contributed by atoms with Crippen molar-refractivity contribution in [2.75, 3.05) is 19.5 Å². The van der Waals surface area contributed by atoms with Gasteiger partial charge in [0.15, 0.2) is 11.5 Å². The predicted molar refractivity (Wildman–Crippen MR) is 73.9 cm³/mol. The van der Waals surface area contributed by atoms with Crippen molar-refractivity contribution in [3.8, 4) is 11.5 Å². The van der Waals surface area contributed by atoms with Gasteiger partial charge in [0.2, 0.25) is 5.28 Å². The number of methoxy groups -OCH3 is 2. The van der Waals surface area contributed by atoms with E-state index in [0.717, 1.165) is 5.56 Å². The zero-order valence-electron chi connectivity index (χ0n) is 10.7. The standard InChI is InChI=1S/C13H14ClN3O2/c1-18-10-4-3-9(7-11(10)19-2)8-16-12-5-6-15-13(14)17-12/h3-7H,8H2,1-2H3,(H,15,16,17). The molecule has 0 radical (unpaired) electrons. The largest absolute Gasteiger partial charge is 0.493 e. The van der Waals surface area contributed by atoms with Crippen molar-refractivity contribution in [2.24, 2.45) is 0 Å². The molecule has 2 aromatic rings. The number of nitrogens with zero attached hydrogens (tertiary/aromatic N) is 2. The Morgan fingerprint density at radius 3 is 2.63 bits per heavy atom. The summed E-state index contributed by atoms with van der Waals surface area (Å²) in [7, 11) is 3.22. The van der Waals surface area contributed by atoms with Crippen molar-refractivity contribution in [3.05, 3.63) is 41.3 Å². The van der Waals surface area contributed by atoms with Crippen LogP contribution in [0.5, 0.6) is 11.5 Å². The number of hydrogen-bond donors (Lipinski definition) is 1. The molecule has 1 aromatic heterocycles. The van der Waals surface area contributed by atoms with E-state index in [1.165, 1.54) is 0 Å². The van der Waals surface area contributed by atoms with E-state index in [2.05, 4.69) is 15.3 Å². The van der Waals surface area contributed by atoms with Gasteiger partial charge < -0.3 is 14.8 Å². The number of anilines is 1. The molecule has 0 bridgehead atoms. The fraction of sp³-hybridized carbons (Fsp3) is 0.231. The highest BCUT2D eigenvalue weighted by Gasteiger charge is 2.04. The number of benzene rings is 1. The van der Waals surface area contributed by atoms with Crippen LogP contribution in [0.4, 0.5) is 5.82 Å². The Balaban J connectivity index is 2.07. The molecule has 5 nitrogen and oxygen atoms in total. The molecule has 6 heteroatoms. The Bertz CT molecular complexity index is 563. The van der Waals surface area contributed by atoms with Gasteiger partial charge in [-0.2, -0.15) is 0 Å². The topological polar surface area (TPSA) is 56.3 Å². The van der Waals surface area contributed by atoms with Gasteiger partial charge in [0.25, 0.3) is 0 Å². The third-order valence-corrected chi connectivity index (χ3v) is 2.73. The van der Waals surface area contributed by atoms with Crippen LogP contribution in [-0.4, -0.2) is 24.2 Å². The molecular formula is C13H14ClN3O2. The van der Waals surface area contributed by atoms with Crippen molar-refractivity contribution in [3.63, 3.8) is 0 Å². The van der Waals surface area contributed by atoms with E-state index in [4.69, 9.17) is 21.1 Å². The lowest BCUT2D eigenvalue weighted by atomic mass is 10.2. The van der Waals surface area contributed by atoms with E-state index in [1.807, 2.05) is 18.2 Å². The fourth-order valence-corrected chi connectivity index (χ4v) is 1.76. The molecule has 0 amide bonds. The SMILES string of the molecule is COc1ccc(CNc2ccnc(Cl)n2)cc1OC. The summed E-state index contributed by atoms with van der Waals surface area (Å²) in [4.78, 5) is 7.87. The number of ether oxygens (including phenoxy) is 2. The van der Waals surface area contributed by atoms with Gasteiger partial charge in [0, 0.05) is 12.7 Å². The Labute approximate surface area is 116 Å². The molecule has 1 aromatic carbocycles. The second-order valence-electron chi connectivity index (χ2n) is 3.75. The minimum atomic E-state index is 0.220. The number of rotatable bonds is 5. The van der Waals surface area contributed by atoms with Crippen LogP contribution in [0.25, 0.3) is 0 Å². The summed E-state index contributed by atoms with van der Waals surface area (Å²) in [6.45, 7) is 0.605. The summed E-state index contributed by atoms with van der Waals surface area (Å²) in [5.74, 6) is 2.08. The van der Waals surface area contributed by atoms with Gasteiger partial charge in [-0.15, -0.1) is 0 Å². The maximum absolute atomic E-state index is 5.72. The highest BCUT2D eigenvalue weighted by Crippen LogP contribution is 2.27. The minimum absolute atomic E-state index is 0.220. The van der Waals surface area contributed by atoms with Gasteiger partial charge in [0.1, 0.15) is 5.82 Å². The number of nitrogens with one attached hydrogen (secondary N) is 1. The van der Waals surface area contributed by atoms with Gasteiger partial charge in [-0.3, -0.25) is 0 Å². The molecule has 0 atom stereocenters. The Morgan fingerprint density at radius 1 is 1.16 bits per heavy atom. The van der Waals surface area contributed by atoms with Gasteiger partial charge in [-0.1, -0.05) is 6.07 Å². The summed E-state index contributed by atoms with van der Waals surface area (Å²) in [6.07, 6.45) is 1.60. The summed E-state index contributed by atoms with van der Waals surface area (Å²) in [6, 6.07) is 7.49. The van der Waals surface area contributed by atoms with Gasteiger partial charge >= 0.3 is 0 Å². The monoisotopic (exact) mass is 279 g/mol. The van der Waals surface area contributed by atoms with E-state index < -0.39 is 0 Å². The molecule has 0 saturated heterocycles. The molecule has 0 aliphatic heterocycles. The molecule has 0 saturated carbocycles. The van der Waals surface area contributed by atoms with Gasteiger partial charge in [-0.05, 0) is 35.4 Å². The van der Waals surface area contributed by atoms with Gasteiger partial charge in [-0.25, -0.2) is 9.97 Å². The van der Waals surface area contributed by atoms with E-state index in [-0.39, 0.29) is 5.28 Å². The normalized spacial score (nSPS) is 10.1. The van der Waals surface area contributed by atoms with Crippen LogP contribution in [0.2, 0.25) is 5.28 Å². The maximum Gasteiger partial charge on any atom is 0.224 e. The summed E-state index contributed by atoms with van der Waals surface area (Å²) < 4.78 is 10.4. The summed E-state index contributed by atoms with van der Waals surface area (Å²) >= 11 is 5.72. The average Bonchev–Trinajstić information content (AvgIpc) is 2.45. The van der Waals surface area contributed by atoms with Crippen molar-refractivity contribution < 1.29 is 9.47 Å². The zero-order chi connectivity index (χ0) is 13.7. The van der Waals surface area contributed by atoms with Crippen LogP contribution in [0.1, 0.15) is 5.56 Å². The zero-order valence-corrected chi connectivity index (χ0v) is 11.4. The quantitative estimate of drug-likeness (QED) is 0.853. The highest BCUT2D eigenvalue weighted by atomic mass is 35.5. The van der Waals surface area contributed by atoms with Crippen LogP contribution in [-0.2, 0) is 6.54 Å². The molecule has 1 heterocycles. The summed E-state index contributed by atoms with van der Waals surface area (Å²) in [5, 5.41) is 3.38. The van der Waals surface area contributed by atoms with E-state index >= 15 is 0 Å². The van der Waals surface area contributed by atoms with Crippen LogP contribution in [0.3, 0.4) is 0 Å². The third kappa shape index (κ3) is 3.48. The Kier molecular flexibility index (Phi) is 4.41. The first-order valence-electron chi connectivity index (χ1n) is 5.66. The van der Waals surface area contributed by atoms with Crippen LogP contribution in [0.15, 0.2) is 30.5 Å². The summed E-state index contributed by atoms with van der Waals surface area (Å²) in [5.41, 5.74) is 1.05. The first-order valence-corrected chi connectivity index (χ1v) is 6.04. The lowest BCUT2D eigenvalue weighted by molar-refractivity contribution is 0.354. The third-order valence-electron chi connectivity index (χ3n) is 2.55. The molecule has 0 fully saturated rings. The highest BCUT2D eigenvalue weighted by molar-refractivity contribution is 6.28. The van der Waals surface area contributed by atoms with Crippen molar-refractivity contribution in [2.45, 2.75) is 6.54 Å². The Morgan fingerprint density at radius 2 is 1.95 bits per heavy atom. The Hall–Kier alpha value is -2.01. The number of hydrogen-bond acceptors (Lipinski definition) is 5. The molecule has 2 rings (SSSR count). The lowest BCUT2D eigenvalue weighted by Crippen LogP contribution is -2.02. The molecule has 100 valence electrons. The van der Waals surface area contributed by atoms with Crippen LogP contribution < -0.4 is 14.8 Å². The second kappa shape index (κ2) is 6.24. The van der Waals surface area contributed by atoms with Crippen LogP contribution >= 0.6 is 11.6 Å². The smallest absolute Gasteiger partial charge is 0.224 e. The van der Waals surface area contributed by atoms with Crippen molar-refractivity contribution >= 4 is 17.4 Å². The molecule has 0 unspecified atom stereocenters. The molecule has 1 N–H and O–H groups in total. The maximum atomic E-state index is 5.72. The lowest BCUT2D eigenvalue weighted by Gasteiger charge is -2.10. The second-order valence-corrected chi connectivity index (χ2v) is 4.09.